The van der Waals surface area contributed by atoms with Crippen LogP contribution in [-0.2, 0) is 0 Å². The second-order valence-corrected chi connectivity index (χ2v) is 7.53. The minimum absolute atomic E-state index is 0.267. The van der Waals surface area contributed by atoms with E-state index in [4.69, 9.17) is 11.6 Å². The van der Waals surface area contributed by atoms with Crippen molar-refractivity contribution in [2.75, 3.05) is 11.9 Å². The maximum Gasteiger partial charge on any atom is 0.268 e. The van der Waals surface area contributed by atoms with E-state index in [1.807, 2.05) is 0 Å². The highest BCUT2D eigenvalue weighted by molar-refractivity contribution is 7.16. The normalized spacial score (nSPS) is 12.5. The Bertz CT molecular complexity index is 1420. The van der Waals surface area contributed by atoms with Crippen LogP contribution >= 0.6 is 22.9 Å². The SMILES string of the molecule is O=c1c2c(Cl)cccc2nc(C(CO)Nc2ncnc3scnc23)n1-c1ccn[nH]1. The molecule has 0 amide bonds. The van der Waals surface area contributed by atoms with Crippen LogP contribution in [0.15, 0.2) is 47.1 Å². The van der Waals surface area contributed by atoms with Gasteiger partial charge in [0.2, 0.25) is 0 Å². The number of aliphatic hydroxyl groups is 1. The lowest BCUT2D eigenvalue weighted by Crippen LogP contribution is -2.30. The zero-order valence-corrected chi connectivity index (χ0v) is 16.7. The number of nitrogens with one attached hydrogen (secondary N) is 2. The molecule has 0 fully saturated rings. The molecule has 12 heteroatoms. The fraction of sp³-hybridized carbons (Fsp3) is 0.111. The van der Waals surface area contributed by atoms with Gasteiger partial charge in [0.05, 0.1) is 34.2 Å². The summed E-state index contributed by atoms with van der Waals surface area (Å²) in [5.74, 6) is 1.09. The molecule has 5 aromatic rings. The summed E-state index contributed by atoms with van der Waals surface area (Å²) < 4.78 is 1.34. The van der Waals surface area contributed by atoms with E-state index in [1.165, 1.54) is 28.4 Å². The second-order valence-electron chi connectivity index (χ2n) is 6.29. The maximum absolute atomic E-state index is 13.4. The predicted molar refractivity (Wildman–Crippen MR) is 113 cm³/mol. The zero-order chi connectivity index (χ0) is 20.7. The molecule has 0 aliphatic rings. The van der Waals surface area contributed by atoms with E-state index in [0.29, 0.717) is 32.5 Å². The van der Waals surface area contributed by atoms with Gasteiger partial charge in [-0.25, -0.2) is 24.5 Å². The number of aliphatic hydroxyl groups excluding tert-OH is 1. The van der Waals surface area contributed by atoms with E-state index in [1.54, 1.807) is 29.8 Å². The van der Waals surface area contributed by atoms with E-state index < -0.39 is 6.04 Å². The van der Waals surface area contributed by atoms with Crippen molar-refractivity contribution in [2.45, 2.75) is 6.04 Å². The predicted octanol–water partition coefficient (Wildman–Crippen LogP) is 2.31. The molecule has 0 aliphatic heterocycles. The number of halogens is 1. The Kier molecular flexibility index (Phi) is 4.62. The van der Waals surface area contributed by atoms with Crippen molar-refractivity contribution in [3.8, 4) is 5.82 Å². The maximum atomic E-state index is 13.4. The van der Waals surface area contributed by atoms with Crippen LogP contribution < -0.4 is 10.9 Å². The van der Waals surface area contributed by atoms with Crippen LogP contribution in [0.2, 0.25) is 5.02 Å². The summed E-state index contributed by atoms with van der Waals surface area (Å²) in [5, 5.41) is 20.6. The summed E-state index contributed by atoms with van der Waals surface area (Å²) in [6, 6.07) is 5.90. The fourth-order valence-electron chi connectivity index (χ4n) is 3.20. The molecule has 0 radical (unpaired) electrons. The van der Waals surface area contributed by atoms with Gasteiger partial charge in [0.15, 0.2) is 5.82 Å². The lowest BCUT2D eigenvalue weighted by atomic mass is 10.2. The Morgan fingerprint density at radius 1 is 1.27 bits per heavy atom. The Morgan fingerprint density at radius 3 is 2.97 bits per heavy atom. The van der Waals surface area contributed by atoms with Crippen molar-refractivity contribution in [3.63, 3.8) is 0 Å². The van der Waals surface area contributed by atoms with Crippen LogP contribution in [0.25, 0.3) is 27.1 Å². The number of rotatable bonds is 5. The molecular weight excluding hydrogens is 428 g/mol. The van der Waals surface area contributed by atoms with E-state index in [0.717, 1.165) is 0 Å². The van der Waals surface area contributed by atoms with Gasteiger partial charge < -0.3 is 10.4 Å². The number of aromatic nitrogens is 7. The first-order chi connectivity index (χ1) is 14.7. The lowest BCUT2D eigenvalue weighted by molar-refractivity contribution is 0.270. The van der Waals surface area contributed by atoms with Crippen molar-refractivity contribution in [2.24, 2.45) is 0 Å². The van der Waals surface area contributed by atoms with Gasteiger partial charge in [-0.3, -0.25) is 9.89 Å². The number of nitrogens with zero attached hydrogens (tertiary/aromatic N) is 6. The summed E-state index contributed by atoms with van der Waals surface area (Å²) in [5.41, 5.74) is 2.27. The Morgan fingerprint density at radius 2 is 2.17 bits per heavy atom. The molecule has 0 spiro atoms. The number of hydrogen-bond donors (Lipinski definition) is 3. The third-order valence-corrected chi connectivity index (χ3v) is 5.59. The standard InChI is InChI=1S/C18H13ClN8O2S/c19-9-2-1-3-10-13(9)18(29)27(12-4-5-23-26-12)16(25-10)11(6-28)24-15-14-17(21-7-20-15)30-8-22-14/h1-5,7-8,11,28H,6H2,(H,23,26)(H,20,21,24). The first-order valence-corrected chi connectivity index (χ1v) is 10.1. The molecule has 150 valence electrons. The van der Waals surface area contributed by atoms with Gasteiger partial charge in [-0.1, -0.05) is 17.7 Å². The van der Waals surface area contributed by atoms with Crippen molar-refractivity contribution >= 4 is 50.0 Å². The number of H-pyrrole nitrogens is 1. The molecule has 30 heavy (non-hydrogen) atoms. The number of fused-ring (bicyclic) bond motifs is 2. The van der Waals surface area contributed by atoms with Gasteiger partial charge in [0.1, 0.15) is 34.4 Å². The van der Waals surface area contributed by atoms with Gasteiger partial charge in [-0.2, -0.15) is 5.10 Å². The molecule has 0 saturated heterocycles. The third-order valence-electron chi connectivity index (χ3n) is 4.54. The number of hydrogen-bond acceptors (Lipinski definition) is 9. The molecule has 0 bridgehead atoms. The molecule has 5 rings (SSSR count). The van der Waals surface area contributed by atoms with Crippen LogP contribution in [0.1, 0.15) is 11.9 Å². The largest absolute Gasteiger partial charge is 0.394 e. The molecular formula is C18H13ClN8O2S. The first kappa shape index (κ1) is 18.6. The summed E-state index contributed by atoms with van der Waals surface area (Å²) in [6.45, 7) is -0.359. The minimum atomic E-state index is -0.774. The summed E-state index contributed by atoms with van der Waals surface area (Å²) in [7, 11) is 0. The molecule has 4 heterocycles. The van der Waals surface area contributed by atoms with E-state index in [9.17, 15) is 9.90 Å². The Balaban J connectivity index is 1.73. The van der Waals surface area contributed by atoms with E-state index in [-0.39, 0.29) is 23.4 Å². The fourth-order valence-corrected chi connectivity index (χ4v) is 4.08. The summed E-state index contributed by atoms with van der Waals surface area (Å²) >= 11 is 7.65. The van der Waals surface area contributed by atoms with E-state index in [2.05, 4.69) is 35.5 Å². The highest BCUT2D eigenvalue weighted by Crippen LogP contribution is 2.26. The van der Waals surface area contributed by atoms with Crippen LogP contribution in [0, 0.1) is 0 Å². The number of thiazole rings is 1. The molecule has 10 nitrogen and oxygen atoms in total. The number of benzene rings is 1. The van der Waals surface area contributed by atoms with Gasteiger partial charge in [0, 0.05) is 6.07 Å². The third kappa shape index (κ3) is 3.00. The van der Waals surface area contributed by atoms with Crippen LogP contribution in [0.3, 0.4) is 0 Å². The van der Waals surface area contributed by atoms with Crippen LogP contribution in [0.4, 0.5) is 5.82 Å². The van der Waals surface area contributed by atoms with Gasteiger partial charge >= 0.3 is 0 Å². The number of aromatic amines is 1. The van der Waals surface area contributed by atoms with Crippen LogP contribution in [-0.4, -0.2) is 46.4 Å². The van der Waals surface area contributed by atoms with E-state index >= 15 is 0 Å². The molecule has 3 N–H and O–H groups in total. The van der Waals surface area contributed by atoms with Crippen molar-refractivity contribution in [1.82, 2.24) is 34.7 Å². The Labute approximate surface area is 177 Å². The zero-order valence-electron chi connectivity index (χ0n) is 15.2. The average Bonchev–Trinajstić information content (AvgIpc) is 3.44. The summed E-state index contributed by atoms with van der Waals surface area (Å²) in [6.07, 6.45) is 2.93. The highest BCUT2D eigenvalue weighted by atomic mass is 35.5. The summed E-state index contributed by atoms with van der Waals surface area (Å²) in [4.78, 5) is 31.4. The smallest absolute Gasteiger partial charge is 0.268 e. The second kappa shape index (κ2) is 7.44. The molecule has 1 unspecified atom stereocenters. The quantitative estimate of drug-likeness (QED) is 0.379. The van der Waals surface area contributed by atoms with Gasteiger partial charge in [-0.15, -0.1) is 11.3 Å². The topological polar surface area (TPSA) is 134 Å². The minimum Gasteiger partial charge on any atom is -0.394 e. The van der Waals surface area contributed by atoms with Gasteiger partial charge in [0.25, 0.3) is 5.56 Å². The monoisotopic (exact) mass is 440 g/mol. The first-order valence-electron chi connectivity index (χ1n) is 8.80. The molecule has 0 saturated carbocycles. The highest BCUT2D eigenvalue weighted by Gasteiger charge is 2.23. The van der Waals surface area contributed by atoms with Crippen molar-refractivity contribution in [1.29, 1.82) is 0 Å². The van der Waals surface area contributed by atoms with Crippen molar-refractivity contribution in [3.05, 3.63) is 63.5 Å². The molecule has 0 aliphatic carbocycles. The lowest BCUT2D eigenvalue weighted by Gasteiger charge is -2.21. The molecule has 1 atom stereocenters. The van der Waals surface area contributed by atoms with Gasteiger partial charge in [-0.05, 0) is 12.1 Å². The average molecular weight is 441 g/mol. The molecule has 1 aromatic carbocycles. The molecule has 4 aromatic heterocycles. The Hall–Kier alpha value is -3.41. The van der Waals surface area contributed by atoms with Crippen LogP contribution in [0.5, 0.6) is 0 Å². The van der Waals surface area contributed by atoms with Crippen molar-refractivity contribution < 1.29 is 5.11 Å². The number of anilines is 1.